The number of ether oxygens (including phenoxy) is 4. The Balaban J connectivity index is 1.43. The Morgan fingerprint density at radius 2 is 1.27 bits per heavy atom. The zero-order valence-electron chi connectivity index (χ0n) is 18.6. The third kappa shape index (κ3) is 4.20. The van der Waals surface area contributed by atoms with Gasteiger partial charge in [0.15, 0.2) is 6.10 Å². The van der Waals surface area contributed by atoms with Crippen LogP contribution < -0.4 is 0 Å². The quantitative estimate of drug-likeness (QED) is 0.397. The molecular formula is C28H28O5. The van der Waals surface area contributed by atoms with Crippen molar-refractivity contribution in [1.82, 2.24) is 0 Å². The van der Waals surface area contributed by atoms with Crippen LogP contribution in [0.4, 0.5) is 0 Å². The molecule has 0 spiro atoms. The molecule has 5 nitrogen and oxygen atoms in total. The number of methoxy groups -OCH3 is 1. The highest BCUT2D eigenvalue weighted by atomic mass is 16.6. The summed E-state index contributed by atoms with van der Waals surface area (Å²) in [4.78, 5) is 11.8. The van der Waals surface area contributed by atoms with Crippen LogP contribution in [-0.4, -0.2) is 44.1 Å². The Kier molecular flexibility index (Phi) is 6.27. The van der Waals surface area contributed by atoms with Gasteiger partial charge in [-0.05, 0) is 16.7 Å². The lowest BCUT2D eigenvalue weighted by molar-refractivity contribution is -0.153. The topological polar surface area (TPSA) is 54.0 Å². The fourth-order valence-corrected chi connectivity index (χ4v) is 5.01. The van der Waals surface area contributed by atoms with Crippen LogP contribution in [0.2, 0.25) is 0 Å². The summed E-state index contributed by atoms with van der Waals surface area (Å²) in [6.45, 7) is 0.401. The summed E-state index contributed by atoms with van der Waals surface area (Å²) in [6, 6.07) is 30.9. The van der Waals surface area contributed by atoms with Crippen LogP contribution in [0.15, 0.2) is 91.0 Å². The van der Waals surface area contributed by atoms with Crippen molar-refractivity contribution in [3.8, 4) is 0 Å². The second kappa shape index (κ2) is 9.48. The van der Waals surface area contributed by atoms with E-state index in [1.54, 1.807) is 0 Å². The monoisotopic (exact) mass is 444 g/mol. The minimum absolute atomic E-state index is 0.109. The molecule has 2 fully saturated rings. The molecule has 5 heteroatoms. The van der Waals surface area contributed by atoms with Crippen molar-refractivity contribution in [3.63, 3.8) is 0 Å². The van der Waals surface area contributed by atoms with Gasteiger partial charge in [0.1, 0.15) is 5.60 Å². The van der Waals surface area contributed by atoms with Gasteiger partial charge in [0.2, 0.25) is 0 Å². The molecule has 0 saturated carbocycles. The van der Waals surface area contributed by atoms with E-state index in [9.17, 15) is 4.79 Å². The number of carbonyl (C=O) groups excluding carboxylic acids is 1. The van der Waals surface area contributed by atoms with Crippen molar-refractivity contribution in [2.24, 2.45) is 0 Å². The van der Waals surface area contributed by atoms with Crippen LogP contribution in [0.5, 0.6) is 0 Å². The van der Waals surface area contributed by atoms with Gasteiger partial charge in [-0.2, -0.15) is 0 Å². The summed E-state index contributed by atoms with van der Waals surface area (Å²) in [5.41, 5.74) is 2.40. The third-order valence-electron chi connectivity index (χ3n) is 6.55. The smallest absolute Gasteiger partial charge is 0.335 e. The number of hydrogen-bond donors (Lipinski definition) is 0. The van der Waals surface area contributed by atoms with Gasteiger partial charge in [0.25, 0.3) is 0 Å². The van der Waals surface area contributed by atoms with Crippen LogP contribution in [-0.2, 0) is 29.3 Å². The summed E-state index contributed by atoms with van der Waals surface area (Å²) in [5.74, 6) is -0.336. The van der Waals surface area contributed by atoms with E-state index in [4.69, 9.17) is 18.9 Å². The Labute approximate surface area is 194 Å². The van der Waals surface area contributed by atoms with Crippen molar-refractivity contribution in [2.45, 2.75) is 42.9 Å². The maximum Gasteiger partial charge on any atom is 0.335 e. The van der Waals surface area contributed by atoms with Gasteiger partial charge in [-0.1, -0.05) is 91.0 Å². The molecule has 0 aromatic heterocycles. The predicted octanol–water partition coefficient (Wildman–Crippen LogP) is 4.48. The maximum atomic E-state index is 11.8. The lowest BCUT2D eigenvalue weighted by atomic mass is 9.80. The molecule has 3 aromatic rings. The normalized spacial score (nSPS) is 24.4. The minimum Gasteiger partial charge on any atom is -0.467 e. The van der Waals surface area contributed by atoms with E-state index in [1.165, 1.54) is 7.11 Å². The van der Waals surface area contributed by atoms with Crippen LogP contribution in [0, 0.1) is 0 Å². The van der Waals surface area contributed by atoms with E-state index in [2.05, 4.69) is 36.4 Å². The van der Waals surface area contributed by atoms with E-state index < -0.39 is 11.7 Å². The number of esters is 1. The van der Waals surface area contributed by atoms with E-state index in [0.29, 0.717) is 19.4 Å². The second-order valence-electron chi connectivity index (χ2n) is 8.54. The summed E-state index contributed by atoms with van der Waals surface area (Å²) in [6.07, 6.45) is 0.337. The third-order valence-corrected chi connectivity index (χ3v) is 6.55. The van der Waals surface area contributed by atoms with E-state index in [-0.39, 0.29) is 24.3 Å². The lowest BCUT2D eigenvalue weighted by Crippen LogP contribution is -2.36. The molecule has 2 saturated heterocycles. The second-order valence-corrected chi connectivity index (χ2v) is 8.54. The standard InChI is InChI=1S/C28H28O5/c1-30-27(29)26-18-25-24(33-26)17-23(32-25)19-31-28(20-11-5-2-6-12-20,21-13-7-3-8-14-21)22-15-9-4-10-16-22/h2-16,23-26H,17-19H2,1H3/t23-,24-,25-,26+/m0/s1. The Morgan fingerprint density at radius 3 is 1.73 bits per heavy atom. The maximum absolute atomic E-state index is 11.8. The molecule has 0 radical (unpaired) electrons. The predicted molar refractivity (Wildman–Crippen MR) is 124 cm³/mol. The molecule has 0 bridgehead atoms. The highest BCUT2D eigenvalue weighted by Gasteiger charge is 2.47. The molecule has 0 amide bonds. The average Bonchev–Trinajstić information content (AvgIpc) is 3.45. The molecule has 0 aliphatic carbocycles. The molecular weight excluding hydrogens is 416 g/mol. The summed E-state index contributed by atoms with van der Waals surface area (Å²) >= 11 is 0. The molecule has 0 N–H and O–H groups in total. The van der Waals surface area contributed by atoms with E-state index >= 15 is 0 Å². The highest BCUT2D eigenvalue weighted by Crippen LogP contribution is 2.42. The first-order valence-corrected chi connectivity index (χ1v) is 11.4. The molecule has 2 aliphatic heterocycles. The number of rotatable bonds is 7. The molecule has 2 heterocycles. The zero-order valence-corrected chi connectivity index (χ0v) is 18.6. The van der Waals surface area contributed by atoms with E-state index in [0.717, 1.165) is 16.7 Å². The fourth-order valence-electron chi connectivity index (χ4n) is 5.01. The average molecular weight is 445 g/mol. The highest BCUT2D eigenvalue weighted by molar-refractivity contribution is 5.75. The van der Waals surface area contributed by atoms with Crippen LogP contribution in [0.25, 0.3) is 0 Å². The van der Waals surface area contributed by atoms with Crippen LogP contribution in [0.3, 0.4) is 0 Å². The van der Waals surface area contributed by atoms with Gasteiger partial charge in [-0.3, -0.25) is 0 Å². The first-order valence-electron chi connectivity index (χ1n) is 11.4. The summed E-state index contributed by atoms with van der Waals surface area (Å²) in [5, 5.41) is 0. The van der Waals surface area contributed by atoms with Gasteiger partial charge < -0.3 is 18.9 Å². The van der Waals surface area contributed by atoms with Crippen molar-refractivity contribution < 1.29 is 23.7 Å². The molecule has 2 aliphatic rings. The van der Waals surface area contributed by atoms with Crippen molar-refractivity contribution in [1.29, 1.82) is 0 Å². The number of fused-ring (bicyclic) bond motifs is 1. The largest absolute Gasteiger partial charge is 0.467 e. The van der Waals surface area contributed by atoms with Crippen molar-refractivity contribution >= 4 is 5.97 Å². The lowest BCUT2D eigenvalue weighted by Gasteiger charge is -2.36. The van der Waals surface area contributed by atoms with Crippen LogP contribution in [0.1, 0.15) is 29.5 Å². The summed E-state index contributed by atoms with van der Waals surface area (Å²) < 4.78 is 23.8. The van der Waals surface area contributed by atoms with Gasteiger partial charge in [-0.15, -0.1) is 0 Å². The molecule has 0 unspecified atom stereocenters. The first-order chi connectivity index (χ1) is 16.2. The molecule has 5 rings (SSSR count). The number of carbonyl (C=O) groups is 1. The molecule has 33 heavy (non-hydrogen) atoms. The Morgan fingerprint density at radius 1 is 0.788 bits per heavy atom. The molecule has 170 valence electrons. The zero-order chi connectivity index (χ0) is 22.7. The van der Waals surface area contributed by atoms with Crippen molar-refractivity contribution in [2.75, 3.05) is 13.7 Å². The number of hydrogen-bond acceptors (Lipinski definition) is 5. The van der Waals surface area contributed by atoms with Crippen LogP contribution >= 0.6 is 0 Å². The molecule has 4 atom stereocenters. The van der Waals surface area contributed by atoms with Gasteiger partial charge in [-0.25, -0.2) is 4.79 Å². The van der Waals surface area contributed by atoms with Gasteiger partial charge in [0.05, 0.1) is 32.0 Å². The Bertz CT molecular complexity index is 943. The summed E-state index contributed by atoms with van der Waals surface area (Å²) in [7, 11) is 1.38. The Hall–Kier alpha value is -2.99. The molecule has 3 aromatic carbocycles. The number of benzene rings is 3. The van der Waals surface area contributed by atoms with Gasteiger partial charge >= 0.3 is 5.97 Å². The minimum atomic E-state index is -0.778. The SMILES string of the molecule is COC(=O)[C@H]1C[C@@H]2O[C@H](COC(c3ccccc3)(c3ccccc3)c3ccccc3)C[C@@H]2O1. The van der Waals surface area contributed by atoms with E-state index in [1.807, 2.05) is 54.6 Å². The van der Waals surface area contributed by atoms with Crippen molar-refractivity contribution in [3.05, 3.63) is 108 Å². The first kappa shape index (κ1) is 21.8. The van der Waals surface area contributed by atoms with Gasteiger partial charge in [0, 0.05) is 12.8 Å². The fraction of sp³-hybridized carbons (Fsp3) is 0.321.